The van der Waals surface area contributed by atoms with Gasteiger partial charge in [0.15, 0.2) is 0 Å². The van der Waals surface area contributed by atoms with E-state index in [1.165, 1.54) is 17.7 Å². The minimum atomic E-state index is -0.444. The van der Waals surface area contributed by atoms with Crippen molar-refractivity contribution >= 4 is 11.7 Å². The second-order valence-electron chi connectivity index (χ2n) is 4.10. The van der Waals surface area contributed by atoms with E-state index in [1.54, 1.807) is 0 Å². The highest BCUT2D eigenvalue weighted by Crippen LogP contribution is 2.21. The van der Waals surface area contributed by atoms with Crippen LogP contribution >= 0.6 is 0 Å². The van der Waals surface area contributed by atoms with E-state index in [2.05, 4.69) is 16.4 Å². The zero-order valence-corrected chi connectivity index (χ0v) is 9.74. The van der Waals surface area contributed by atoms with Crippen molar-refractivity contribution in [3.8, 4) is 0 Å². The first-order valence-electron chi connectivity index (χ1n) is 5.84. The molecule has 2 rings (SSSR count). The van der Waals surface area contributed by atoms with Crippen molar-refractivity contribution in [1.29, 1.82) is 0 Å². The van der Waals surface area contributed by atoms with Crippen LogP contribution in [0.4, 0.5) is 5.82 Å². The minimum absolute atomic E-state index is 0.0285. The number of ether oxygens (including phenoxy) is 1. The van der Waals surface area contributed by atoms with Gasteiger partial charge in [0, 0.05) is 12.2 Å². The van der Waals surface area contributed by atoms with Crippen molar-refractivity contribution in [1.82, 2.24) is 4.98 Å². The highest BCUT2D eigenvalue weighted by atomic mass is 16.5. The third kappa shape index (κ3) is 3.42. The molecule has 0 spiro atoms. The Kier molecular flexibility index (Phi) is 3.93. The Balaban J connectivity index is 1.74. The van der Waals surface area contributed by atoms with E-state index in [-0.39, 0.29) is 6.61 Å². The number of hydrogen-bond donors (Lipinski definition) is 2. The molecule has 1 aromatic heterocycles. The normalized spacial score (nSPS) is 13.4. The summed E-state index contributed by atoms with van der Waals surface area (Å²) in [7, 11) is 0. The monoisotopic (exact) mass is 235 g/mol. The zero-order chi connectivity index (χ0) is 12.1. The molecule has 0 bridgehead atoms. The first-order valence-corrected chi connectivity index (χ1v) is 5.84. The van der Waals surface area contributed by atoms with Crippen LogP contribution in [0.5, 0.6) is 0 Å². The van der Waals surface area contributed by atoms with Crippen molar-refractivity contribution in [2.24, 2.45) is 5.73 Å². The molecule has 0 fully saturated rings. The fraction of sp³-hybridized carbons (Fsp3) is 0.500. The van der Waals surface area contributed by atoms with Crippen LogP contribution in [0.2, 0.25) is 0 Å². The fourth-order valence-electron chi connectivity index (χ4n) is 1.94. The average molecular weight is 235 g/mol. The molecule has 0 saturated heterocycles. The van der Waals surface area contributed by atoms with Crippen LogP contribution in [0, 0.1) is 0 Å². The molecule has 92 valence electrons. The summed E-state index contributed by atoms with van der Waals surface area (Å²) >= 11 is 0. The number of aromatic nitrogens is 1. The van der Waals surface area contributed by atoms with E-state index in [0.717, 1.165) is 18.7 Å². The predicted octanol–water partition coefficient (Wildman–Crippen LogP) is 0.484. The Hall–Kier alpha value is -1.62. The summed E-state index contributed by atoms with van der Waals surface area (Å²) < 4.78 is 5.04. The first-order chi connectivity index (χ1) is 8.25. The molecule has 0 unspecified atom stereocenters. The number of aryl methyl sites for hydroxylation is 2. The van der Waals surface area contributed by atoms with Crippen molar-refractivity contribution in [3.63, 3.8) is 0 Å². The van der Waals surface area contributed by atoms with E-state index in [9.17, 15) is 4.79 Å². The van der Waals surface area contributed by atoms with Crippen LogP contribution < -0.4 is 11.1 Å². The number of carbonyl (C=O) groups is 1. The molecule has 0 aliphatic heterocycles. The van der Waals surface area contributed by atoms with Crippen molar-refractivity contribution < 1.29 is 9.53 Å². The summed E-state index contributed by atoms with van der Waals surface area (Å²) in [6.45, 7) is 1.04. The number of primary amides is 1. The third-order valence-corrected chi connectivity index (χ3v) is 2.72. The minimum Gasteiger partial charge on any atom is -0.370 e. The maximum Gasteiger partial charge on any atom is 0.243 e. The van der Waals surface area contributed by atoms with Crippen LogP contribution in [0.1, 0.15) is 17.7 Å². The van der Waals surface area contributed by atoms with Gasteiger partial charge in [0.1, 0.15) is 12.4 Å². The number of rotatable bonds is 6. The summed E-state index contributed by atoms with van der Waals surface area (Å²) in [5.41, 5.74) is 7.51. The molecule has 1 amide bonds. The van der Waals surface area contributed by atoms with Gasteiger partial charge in [-0.3, -0.25) is 4.79 Å². The van der Waals surface area contributed by atoms with Gasteiger partial charge >= 0.3 is 0 Å². The zero-order valence-electron chi connectivity index (χ0n) is 9.74. The Bertz CT molecular complexity index is 407. The lowest BCUT2D eigenvalue weighted by molar-refractivity contribution is -0.122. The van der Waals surface area contributed by atoms with Gasteiger partial charge in [-0.2, -0.15) is 0 Å². The van der Waals surface area contributed by atoms with Crippen molar-refractivity contribution in [2.75, 3.05) is 25.1 Å². The molecule has 0 radical (unpaired) electrons. The van der Waals surface area contributed by atoms with Crippen LogP contribution in [-0.2, 0) is 22.4 Å². The standard InChI is InChI=1S/C12H17N3O2/c13-11(16)8-17-7-6-14-12-5-4-9-2-1-3-10(9)15-12/h4-5H,1-3,6-8H2,(H2,13,16)(H,14,15). The molecule has 3 N–H and O–H groups in total. The lowest BCUT2D eigenvalue weighted by Crippen LogP contribution is -2.20. The number of nitrogens with two attached hydrogens (primary N) is 1. The number of hydrogen-bond acceptors (Lipinski definition) is 4. The van der Waals surface area contributed by atoms with Gasteiger partial charge in [-0.15, -0.1) is 0 Å². The van der Waals surface area contributed by atoms with Crippen LogP contribution in [0.15, 0.2) is 12.1 Å². The molecule has 0 atom stereocenters. The molecular formula is C12H17N3O2. The third-order valence-electron chi connectivity index (χ3n) is 2.72. The highest BCUT2D eigenvalue weighted by molar-refractivity contribution is 5.74. The van der Waals surface area contributed by atoms with Gasteiger partial charge in [-0.05, 0) is 30.9 Å². The Labute approximate surface area is 100 Å². The number of nitrogens with one attached hydrogen (secondary N) is 1. The van der Waals surface area contributed by atoms with E-state index < -0.39 is 5.91 Å². The largest absolute Gasteiger partial charge is 0.370 e. The molecule has 1 aliphatic carbocycles. The number of anilines is 1. The molecule has 5 nitrogen and oxygen atoms in total. The summed E-state index contributed by atoms with van der Waals surface area (Å²) in [6.07, 6.45) is 3.42. The Morgan fingerprint density at radius 1 is 1.47 bits per heavy atom. The van der Waals surface area contributed by atoms with Gasteiger partial charge in [0.25, 0.3) is 0 Å². The number of amides is 1. The second-order valence-corrected chi connectivity index (χ2v) is 4.10. The number of nitrogens with zero attached hydrogens (tertiary/aromatic N) is 1. The van der Waals surface area contributed by atoms with Gasteiger partial charge in [0.2, 0.25) is 5.91 Å². The van der Waals surface area contributed by atoms with E-state index in [0.29, 0.717) is 13.2 Å². The molecule has 5 heteroatoms. The van der Waals surface area contributed by atoms with Crippen molar-refractivity contribution in [2.45, 2.75) is 19.3 Å². The van der Waals surface area contributed by atoms with Gasteiger partial charge in [-0.1, -0.05) is 6.07 Å². The highest BCUT2D eigenvalue weighted by Gasteiger charge is 2.11. The Morgan fingerprint density at radius 3 is 3.18 bits per heavy atom. The van der Waals surface area contributed by atoms with Crippen LogP contribution in [-0.4, -0.2) is 30.6 Å². The molecular weight excluding hydrogens is 218 g/mol. The lowest BCUT2D eigenvalue weighted by atomic mass is 10.2. The van der Waals surface area contributed by atoms with Crippen LogP contribution in [0.25, 0.3) is 0 Å². The first kappa shape index (κ1) is 11.9. The number of carbonyl (C=O) groups excluding carboxylic acids is 1. The maximum atomic E-state index is 10.4. The molecule has 0 saturated carbocycles. The van der Waals surface area contributed by atoms with Gasteiger partial charge in [-0.25, -0.2) is 4.98 Å². The average Bonchev–Trinajstić information content (AvgIpc) is 2.75. The molecule has 17 heavy (non-hydrogen) atoms. The summed E-state index contributed by atoms with van der Waals surface area (Å²) in [6, 6.07) is 4.11. The molecule has 0 aromatic carbocycles. The Morgan fingerprint density at radius 2 is 2.35 bits per heavy atom. The van der Waals surface area contributed by atoms with Gasteiger partial charge < -0.3 is 15.8 Å². The van der Waals surface area contributed by atoms with E-state index >= 15 is 0 Å². The summed E-state index contributed by atoms with van der Waals surface area (Å²) in [4.78, 5) is 15.0. The quantitative estimate of drug-likeness (QED) is 0.703. The fourth-order valence-corrected chi connectivity index (χ4v) is 1.94. The predicted molar refractivity (Wildman–Crippen MR) is 64.8 cm³/mol. The summed E-state index contributed by atoms with van der Waals surface area (Å²) in [5, 5.41) is 3.16. The van der Waals surface area contributed by atoms with E-state index in [1.807, 2.05) is 6.07 Å². The maximum absolute atomic E-state index is 10.4. The molecule has 1 aromatic rings. The molecule has 1 heterocycles. The SMILES string of the molecule is NC(=O)COCCNc1ccc2c(n1)CCC2. The second kappa shape index (κ2) is 5.63. The number of pyridine rings is 1. The van der Waals surface area contributed by atoms with E-state index in [4.69, 9.17) is 10.5 Å². The topological polar surface area (TPSA) is 77.2 Å². The van der Waals surface area contributed by atoms with Gasteiger partial charge in [0.05, 0.1) is 6.61 Å². The lowest BCUT2D eigenvalue weighted by Gasteiger charge is -2.07. The smallest absolute Gasteiger partial charge is 0.243 e. The summed E-state index contributed by atoms with van der Waals surface area (Å²) in [5.74, 6) is 0.425. The van der Waals surface area contributed by atoms with Crippen LogP contribution in [0.3, 0.4) is 0 Å². The number of fused-ring (bicyclic) bond motifs is 1. The van der Waals surface area contributed by atoms with Crippen molar-refractivity contribution in [3.05, 3.63) is 23.4 Å². The molecule has 1 aliphatic rings.